The topological polar surface area (TPSA) is 63.2 Å². The first-order valence-corrected chi connectivity index (χ1v) is 6.63. The summed E-state index contributed by atoms with van der Waals surface area (Å²) in [5.74, 6) is 0.981. The Hall–Kier alpha value is -1.78. The van der Waals surface area contributed by atoms with Crippen molar-refractivity contribution in [3.05, 3.63) is 23.4 Å². The van der Waals surface area contributed by atoms with E-state index in [0.717, 1.165) is 24.5 Å². The number of anilines is 1. The van der Waals surface area contributed by atoms with Crippen molar-refractivity contribution in [1.82, 2.24) is 10.3 Å². The van der Waals surface area contributed by atoms with E-state index >= 15 is 0 Å². The van der Waals surface area contributed by atoms with Crippen molar-refractivity contribution < 1.29 is 9.53 Å². The minimum atomic E-state index is -0.459. The van der Waals surface area contributed by atoms with Crippen LogP contribution in [-0.4, -0.2) is 29.8 Å². The highest BCUT2D eigenvalue weighted by Gasteiger charge is 2.16. The lowest BCUT2D eigenvalue weighted by Crippen LogP contribution is -2.33. The Morgan fingerprint density at radius 3 is 3.00 bits per heavy atom. The van der Waals surface area contributed by atoms with Crippen molar-refractivity contribution in [2.24, 2.45) is 0 Å². The summed E-state index contributed by atoms with van der Waals surface area (Å²) >= 11 is 0. The first kappa shape index (κ1) is 13.6. The number of alkyl carbamates (subject to hydrolysis) is 1. The van der Waals surface area contributed by atoms with Gasteiger partial charge >= 0.3 is 6.09 Å². The number of carbonyl (C=O) groups excluding carboxylic acids is 1. The molecule has 1 aliphatic heterocycles. The van der Waals surface area contributed by atoms with E-state index in [4.69, 9.17) is 4.74 Å². The number of amides is 1. The van der Waals surface area contributed by atoms with E-state index in [1.165, 1.54) is 5.56 Å². The molecule has 104 valence electrons. The highest BCUT2D eigenvalue weighted by atomic mass is 16.6. The van der Waals surface area contributed by atoms with Crippen LogP contribution in [-0.2, 0) is 17.6 Å². The monoisotopic (exact) mass is 263 g/mol. The second-order valence-electron chi connectivity index (χ2n) is 5.67. The molecule has 0 spiro atoms. The zero-order valence-electron chi connectivity index (χ0n) is 11.7. The smallest absolute Gasteiger partial charge is 0.407 e. The number of carbonyl (C=O) groups is 1. The Morgan fingerprint density at radius 2 is 2.26 bits per heavy atom. The van der Waals surface area contributed by atoms with E-state index in [0.29, 0.717) is 13.0 Å². The number of hydrogen-bond donors (Lipinski definition) is 2. The highest BCUT2D eigenvalue weighted by molar-refractivity contribution is 5.67. The van der Waals surface area contributed by atoms with Gasteiger partial charge in [0.05, 0.1) is 0 Å². The Labute approximate surface area is 113 Å². The number of nitrogens with one attached hydrogen (secondary N) is 2. The molecular formula is C14H21N3O2. The molecule has 19 heavy (non-hydrogen) atoms. The van der Waals surface area contributed by atoms with Crippen molar-refractivity contribution in [2.45, 2.75) is 39.2 Å². The van der Waals surface area contributed by atoms with E-state index < -0.39 is 5.60 Å². The molecule has 2 heterocycles. The number of hydrogen-bond acceptors (Lipinski definition) is 4. The molecule has 5 nitrogen and oxygen atoms in total. The van der Waals surface area contributed by atoms with Gasteiger partial charge in [0, 0.05) is 25.2 Å². The zero-order chi connectivity index (χ0) is 13.9. The van der Waals surface area contributed by atoms with Gasteiger partial charge < -0.3 is 15.4 Å². The summed E-state index contributed by atoms with van der Waals surface area (Å²) in [4.78, 5) is 16.0. The average molecular weight is 263 g/mol. The summed E-state index contributed by atoms with van der Waals surface area (Å²) in [6, 6.07) is 4.12. The van der Waals surface area contributed by atoms with E-state index in [1.807, 2.05) is 26.8 Å². The van der Waals surface area contributed by atoms with Gasteiger partial charge in [0.2, 0.25) is 0 Å². The predicted octanol–water partition coefficient (Wildman–Crippen LogP) is 2.12. The Bertz CT molecular complexity index is 466. The van der Waals surface area contributed by atoms with Crippen molar-refractivity contribution >= 4 is 11.9 Å². The summed E-state index contributed by atoms with van der Waals surface area (Å²) in [6.45, 7) is 7.03. The molecule has 0 aromatic carbocycles. The Kier molecular flexibility index (Phi) is 3.93. The van der Waals surface area contributed by atoms with Crippen LogP contribution in [0.15, 0.2) is 12.1 Å². The lowest BCUT2D eigenvalue weighted by Gasteiger charge is -2.19. The Balaban J connectivity index is 1.78. The fourth-order valence-electron chi connectivity index (χ4n) is 1.94. The molecule has 0 unspecified atom stereocenters. The van der Waals surface area contributed by atoms with Crippen molar-refractivity contribution in [2.75, 3.05) is 18.4 Å². The van der Waals surface area contributed by atoms with Crippen molar-refractivity contribution in [1.29, 1.82) is 0 Å². The number of rotatable bonds is 3. The van der Waals surface area contributed by atoms with Gasteiger partial charge in [-0.25, -0.2) is 9.78 Å². The summed E-state index contributed by atoms with van der Waals surface area (Å²) in [7, 11) is 0. The van der Waals surface area contributed by atoms with Gasteiger partial charge in [-0.3, -0.25) is 0 Å². The van der Waals surface area contributed by atoms with Gasteiger partial charge in [-0.05, 0) is 38.8 Å². The molecule has 0 aliphatic carbocycles. The van der Waals surface area contributed by atoms with Crippen LogP contribution >= 0.6 is 0 Å². The van der Waals surface area contributed by atoms with E-state index in [2.05, 4.69) is 21.7 Å². The van der Waals surface area contributed by atoms with Crippen molar-refractivity contribution in [3.63, 3.8) is 0 Å². The molecule has 2 N–H and O–H groups in total. The normalized spacial score (nSPS) is 13.6. The minimum absolute atomic E-state index is 0.383. The van der Waals surface area contributed by atoms with Gasteiger partial charge in [0.25, 0.3) is 0 Å². The third-order valence-electron chi connectivity index (χ3n) is 2.77. The third kappa shape index (κ3) is 4.12. The summed E-state index contributed by atoms with van der Waals surface area (Å²) in [5.41, 5.74) is 1.79. The summed E-state index contributed by atoms with van der Waals surface area (Å²) in [5, 5.41) is 5.98. The van der Waals surface area contributed by atoms with E-state index in [9.17, 15) is 4.79 Å². The molecule has 0 atom stereocenters. The van der Waals surface area contributed by atoms with Crippen LogP contribution in [0.2, 0.25) is 0 Å². The van der Waals surface area contributed by atoms with Gasteiger partial charge in [0.15, 0.2) is 0 Å². The van der Waals surface area contributed by atoms with Gasteiger partial charge in [0.1, 0.15) is 11.4 Å². The second-order valence-corrected chi connectivity index (χ2v) is 5.67. The van der Waals surface area contributed by atoms with Crippen LogP contribution in [0.4, 0.5) is 10.6 Å². The number of aromatic nitrogens is 1. The van der Waals surface area contributed by atoms with Crippen LogP contribution < -0.4 is 10.6 Å². The lowest BCUT2D eigenvalue weighted by molar-refractivity contribution is 0.0528. The summed E-state index contributed by atoms with van der Waals surface area (Å²) in [6.07, 6.45) is 1.36. The maximum atomic E-state index is 11.5. The molecule has 1 aromatic rings. The minimum Gasteiger partial charge on any atom is -0.444 e. The molecular weight excluding hydrogens is 242 g/mol. The fourth-order valence-corrected chi connectivity index (χ4v) is 1.94. The molecule has 2 rings (SSSR count). The molecule has 0 fully saturated rings. The standard InChI is InChI=1S/C14H21N3O2/c1-14(2,3)19-13(18)16-9-7-11-5-4-10-6-8-15-12(10)17-11/h4-5H,6-9H2,1-3H3,(H,15,17)(H,16,18). The molecule has 0 saturated heterocycles. The maximum Gasteiger partial charge on any atom is 0.407 e. The van der Waals surface area contributed by atoms with Gasteiger partial charge in [-0.15, -0.1) is 0 Å². The average Bonchev–Trinajstić information content (AvgIpc) is 2.73. The first-order valence-electron chi connectivity index (χ1n) is 6.63. The largest absolute Gasteiger partial charge is 0.444 e. The number of nitrogens with zero attached hydrogens (tertiary/aromatic N) is 1. The maximum absolute atomic E-state index is 11.5. The van der Waals surface area contributed by atoms with Gasteiger partial charge in [-0.2, -0.15) is 0 Å². The molecule has 1 aliphatic rings. The quantitative estimate of drug-likeness (QED) is 0.876. The molecule has 0 bridgehead atoms. The lowest BCUT2D eigenvalue weighted by atomic mass is 10.2. The first-order chi connectivity index (χ1) is 8.94. The molecule has 0 saturated carbocycles. The van der Waals surface area contributed by atoms with Crippen LogP contribution in [0.5, 0.6) is 0 Å². The van der Waals surface area contributed by atoms with E-state index in [-0.39, 0.29) is 6.09 Å². The Morgan fingerprint density at radius 1 is 1.47 bits per heavy atom. The second kappa shape index (κ2) is 5.47. The van der Waals surface area contributed by atoms with Crippen molar-refractivity contribution in [3.8, 4) is 0 Å². The SMILES string of the molecule is CC(C)(C)OC(=O)NCCc1ccc2c(n1)NCC2. The third-order valence-corrected chi connectivity index (χ3v) is 2.77. The van der Waals surface area contributed by atoms with Crippen LogP contribution in [0.25, 0.3) is 0 Å². The molecule has 0 radical (unpaired) electrons. The number of ether oxygens (including phenoxy) is 1. The fraction of sp³-hybridized carbons (Fsp3) is 0.571. The molecule has 1 aromatic heterocycles. The van der Waals surface area contributed by atoms with Crippen LogP contribution in [0, 0.1) is 0 Å². The predicted molar refractivity (Wildman–Crippen MR) is 74.4 cm³/mol. The summed E-state index contributed by atoms with van der Waals surface area (Å²) < 4.78 is 5.17. The number of fused-ring (bicyclic) bond motifs is 1. The molecule has 1 amide bonds. The highest BCUT2D eigenvalue weighted by Crippen LogP contribution is 2.19. The van der Waals surface area contributed by atoms with Crippen LogP contribution in [0.3, 0.4) is 0 Å². The van der Waals surface area contributed by atoms with E-state index in [1.54, 1.807) is 0 Å². The van der Waals surface area contributed by atoms with Gasteiger partial charge in [-0.1, -0.05) is 6.07 Å². The number of pyridine rings is 1. The zero-order valence-corrected chi connectivity index (χ0v) is 11.7. The molecule has 5 heteroatoms. The van der Waals surface area contributed by atoms with Crippen LogP contribution in [0.1, 0.15) is 32.0 Å².